The van der Waals surface area contributed by atoms with Gasteiger partial charge < -0.3 is 0 Å². The van der Waals surface area contributed by atoms with Gasteiger partial charge in [-0.25, -0.2) is 0 Å². The van der Waals surface area contributed by atoms with Gasteiger partial charge in [-0.1, -0.05) is 131 Å². The molecule has 0 spiro atoms. The molecule has 0 fully saturated rings. The van der Waals surface area contributed by atoms with Gasteiger partial charge >= 0.3 is 14.1 Å². The predicted molar refractivity (Wildman–Crippen MR) is 127 cm³/mol. The number of hydrogen-bond acceptors (Lipinski definition) is 0. The van der Waals surface area contributed by atoms with Crippen molar-refractivity contribution in [3.63, 3.8) is 0 Å². The molecule has 0 amide bonds. The molecule has 1 heteroatoms. The van der Waals surface area contributed by atoms with Gasteiger partial charge in [0, 0.05) is 0 Å². The Balaban J connectivity index is 1.70. The monoisotopic (exact) mass is 390 g/mol. The van der Waals surface area contributed by atoms with E-state index in [1.54, 1.807) is 21.1 Å². The average molecular weight is 391 g/mol. The summed E-state index contributed by atoms with van der Waals surface area (Å²) >= 11 is -0.871. The second kappa shape index (κ2) is 11.8. The fourth-order valence-electron chi connectivity index (χ4n) is 5.01. The number of rotatable bonds is 13. The van der Waals surface area contributed by atoms with Crippen LogP contribution in [0, 0.1) is 0 Å². The van der Waals surface area contributed by atoms with Crippen molar-refractivity contribution in [2.45, 2.75) is 95.0 Å². The SMILES string of the molecule is CCCCCC[CH2][Al]([CH2]CCCCCC)[c]1cccc2c1Cc1ccccc1-2. The van der Waals surface area contributed by atoms with Crippen LogP contribution >= 0.6 is 0 Å². The molecule has 28 heavy (non-hydrogen) atoms. The fraction of sp³-hybridized carbons (Fsp3) is 0.556. The molecule has 0 bridgehead atoms. The summed E-state index contributed by atoms with van der Waals surface area (Å²) in [5.74, 6) is 0. The molecule has 0 aliphatic heterocycles. The summed E-state index contributed by atoms with van der Waals surface area (Å²) < 4.78 is 1.81. The molecule has 0 atom stereocenters. The van der Waals surface area contributed by atoms with E-state index in [1.165, 1.54) is 86.8 Å². The van der Waals surface area contributed by atoms with Gasteiger partial charge in [0.25, 0.3) is 0 Å². The minimum atomic E-state index is -0.871. The van der Waals surface area contributed by atoms with E-state index in [4.69, 9.17) is 0 Å². The summed E-state index contributed by atoms with van der Waals surface area (Å²) in [7, 11) is 0. The molecule has 0 saturated heterocycles. The van der Waals surface area contributed by atoms with E-state index in [2.05, 4.69) is 56.3 Å². The van der Waals surface area contributed by atoms with Crippen molar-refractivity contribution in [2.75, 3.05) is 0 Å². The lowest BCUT2D eigenvalue weighted by Crippen LogP contribution is -2.32. The van der Waals surface area contributed by atoms with Crippen LogP contribution in [0.5, 0.6) is 0 Å². The van der Waals surface area contributed by atoms with Crippen LogP contribution in [0.1, 0.15) is 89.2 Å². The Labute approximate surface area is 178 Å². The quantitative estimate of drug-likeness (QED) is 0.205. The first-order valence-corrected chi connectivity index (χ1v) is 14.3. The lowest BCUT2D eigenvalue weighted by Gasteiger charge is -2.17. The molecule has 1 aliphatic rings. The van der Waals surface area contributed by atoms with E-state index < -0.39 is 14.1 Å². The van der Waals surface area contributed by atoms with Gasteiger partial charge in [-0.05, 0) is 28.7 Å². The Hall–Kier alpha value is -1.03. The van der Waals surface area contributed by atoms with Gasteiger partial charge in [-0.2, -0.15) is 0 Å². The third-order valence-electron chi connectivity index (χ3n) is 6.64. The lowest BCUT2D eigenvalue weighted by molar-refractivity contribution is 0.646. The lowest BCUT2D eigenvalue weighted by atomic mass is 10.1. The highest BCUT2D eigenvalue weighted by Crippen LogP contribution is 2.36. The molecule has 0 radical (unpaired) electrons. The van der Waals surface area contributed by atoms with Crippen LogP contribution in [-0.4, -0.2) is 14.1 Å². The van der Waals surface area contributed by atoms with Gasteiger partial charge in [-0.3, -0.25) is 0 Å². The zero-order valence-corrected chi connectivity index (χ0v) is 19.5. The summed E-state index contributed by atoms with van der Waals surface area (Å²) in [5, 5.41) is 3.04. The second-order valence-corrected chi connectivity index (χ2v) is 12.0. The third-order valence-corrected chi connectivity index (χ3v) is 10.3. The predicted octanol–water partition coefficient (Wildman–Crippen LogP) is 7.90. The Morgan fingerprint density at radius 1 is 0.643 bits per heavy atom. The Morgan fingerprint density at radius 3 is 1.93 bits per heavy atom. The maximum atomic E-state index is 2.51. The van der Waals surface area contributed by atoms with E-state index >= 15 is 0 Å². The maximum absolute atomic E-state index is 2.51. The molecule has 2 aromatic carbocycles. The first-order chi connectivity index (χ1) is 13.8. The van der Waals surface area contributed by atoms with Crippen LogP contribution in [0.15, 0.2) is 42.5 Å². The van der Waals surface area contributed by atoms with E-state index in [-0.39, 0.29) is 0 Å². The first-order valence-electron chi connectivity index (χ1n) is 12.0. The molecule has 1 aliphatic carbocycles. The number of benzene rings is 2. The van der Waals surface area contributed by atoms with Gasteiger partial charge in [0.05, 0.1) is 0 Å². The van der Waals surface area contributed by atoms with Crippen LogP contribution in [0.25, 0.3) is 11.1 Å². The number of hydrogen-bond donors (Lipinski definition) is 0. The van der Waals surface area contributed by atoms with Crippen LogP contribution < -0.4 is 4.43 Å². The molecule has 0 aromatic heterocycles. The van der Waals surface area contributed by atoms with Crippen LogP contribution in [0.3, 0.4) is 0 Å². The topological polar surface area (TPSA) is 0 Å². The zero-order valence-electron chi connectivity index (χ0n) is 18.3. The molecular formula is C27H39Al. The Kier molecular flexibility index (Phi) is 9.17. The van der Waals surface area contributed by atoms with Crippen LogP contribution in [-0.2, 0) is 6.42 Å². The summed E-state index contributed by atoms with van der Waals surface area (Å²) in [5.41, 5.74) is 6.28. The standard InChI is InChI=1S/C13H9.2C7H15.Al/c1-3-7-12-10(5-1)9-11-6-2-4-8-13(11)12;2*1-3-5-7-6-4-2;/h1-5,7-8H,9H2;2*1,3-7H2,2H3;. The van der Waals surface area contributed by atoms with Gasteiger partial charge in [0.15, 0.2) is 0 Å². The van der Waals surface area contributed by atoms with Crippen LogP contribution in [0.2, 0.25) is 10.6 Å². The molecule has 0 saturated carbocycles. The van der Waals surface area contributed by atoms with Crippen molar-refractivity contribution in [2.24, 2.45) is 0 Å². The summed E-state index contributed by atoms with van der Waals surface area (Å²) in [4.78, 5) is 0. The first kappa shape index (κ1) is 21.7. The van der Waals surface area contributed by atoms with E-state index in [1.807, 2.05) is 0 Å². The van der Waals surface area contributed by atoms with Crippen molar-refractivity contribution in [3.8, 4) is 11.1 Å². The Bertz CT molecular complexity index is 704. The summed E-state index contributed by atoms with van der Waals surface area (Å²) in [6.07, 6.45) is 15.4. The molecule has 0 unspecified atom stereocenters. The smallest absolute Gasteiger partial charge is 0.106 e. The van der Waals surface area contributed by atoms with Crippen molar-refractivity contribution >= 4 is 18.6 Å². The minimum Gasteiger partial charge on any atom is -0.106 e. The van der Waals surface area contributed by atoms with Gasteiger partial charge in [0.2, 0.25) is 0 Å². The van der Waals surface area contributed by atoms with Crippen molar-refractivity contribution < 1.29 is 0 Å². The van der Waals surface area contributed by atoms with E-state index in [0.29, 0.717) is 0 Å². The summed E-state index contributed by atoms with van der Waals surface area (Å²) in [6, 6.07) is 16.3. The fourth-order valence-corrected chi connectivity index (χ4v) is 8.62. The van der Waals surface area contributed by atoms with E-state index in [9.17, 15) is 0 Å². The highest BCUT2D eigenvalue weighted by molar-refractivity contribution is 6.73. The molecule has 3 rings (SSSR count). The Morgan fingerprint density at radius 2 is 1.25 bits per heavy atom. The van der Waals surface area contributed by atoms with Crippen molar-refractivity contribution in [1.29, 1.82) is 0 Å². The van der Waals surface area contributed by atoms with Gasteiger partial charge in [-0.15, -0.1) is 4.43 Å². The molecule has 2 aromatic rings. The van der Waals surface area contributed by atoms with E-state index in [0.717, 1.165) is 0 Å². The molecular weight excluding hydrogens is 351 g/mol. The molecule has 0 N–H and O–H groups in total. The normalized spacial score (nSPS) is 12.1. The van der Waals surface area contributed by atoms with Crippen molar-refractivity contribution in [3.05, 3.63) is 53.6 Å². The molecule has 0 heterocycles. The largest absolute Gasteiger partial charge is 0.306 e. The van der Waals surface area contributed by atoms with Gasteiger partial charge in [0.1, 0.15) is 0 Å². The zero-order chi connectivity index (χ0) is 19.6. The van der Waals surface area contributed by atoms with Crippen LogP contribution in [0.4, 0.5) is 0 Å². The molecule has 0 nitrogen and oxygen atoms in total. The summed E-state index contributed by atoms with van der Waals surface area (Å²) in [6.45, 7) is 4.64. The highest BCUT2D eigenvalue weighted by atomic mass is 27.2. The minimum absolute atomic E-state index is 0.871. The number of fused-ring (bicyclic) bond motifs is 3. The van der Waals surface area contributed by atoms with Crippen molar-refractivity contribution in [1.82, 2.24) is 0 Å². The average Bonchev–Trinajstić information content (AvgIpc) is 3.11. The third kappa shape index (κ3) is 5.75. The second-order valence-electron chi connectivity index (χ2n) is 8.81. The maximum Gasteiger partial charge on any atom is 0.306 e. The highest BCUT2D eigenvalue weighted by Gasteiger charge is 2.27. The number of unbranched alkanes of at least 4 members (excludes halogenated alkanes) is 8. The molecule has 150 valence electrons.